The molecule has 2 rings (SSSR count). The first-order chi connectivity index (χ1) is 9.83. The maximum atomic E-state index is 13.6. The van der Waals surface area contributed by atoms with E-state index in [2.05, 4.69) is 16.5 Å². The standard InChI is InChI=1S/C14H22FN3O2S/c1-3-18-5-4-11(9-18)8-17-21(19,20)14-7-12(16)6-13(15)10(14)2/h6-7,11,17H,3-5,8-9,16H2,1-2H3. The largest absolute Gasteiger partial charge is 0.399 e. The number of likely N-dealkylation sites (tertiary alicyclic amines) is 1. The molecule has 5 nitrogen and oxygen atoms in total. The van der Waals surface area contributed by atoms with Gasteiger partial charge in [0.25, 0.3) is 0 Å². The van der Waals surface area contributed by atoms with Crippen LogP contribution in [-0.4, -0.2) is 39.5 Å². The van der Waals surface area contributed by atoms with Gasteiger partial charge < -0.3 is 10.6 Å². The molecule has 1 aliphatic heterocycles. The Hall–Kier alpha value is -1.18. The molecular weight excluding hydrogens is 293 g/mol. The summed E-state index contributed by atoms with van der Waals surface area (Å²) in [7, 11) is -3.74. The van der Waals surface area contributed by atoms with E-state index in [0.717, 1.165) is 32.1 Å². The molecule has 1 fully saturated rings. The van der Waals surface area contributed by atoms with Crippen molar-refractivity contribution in [3.8, 4) is 0 Å². The third-order valence-electron chi connectivity index (χ3n) is 3.99. The van der Waals surface area contributed by atoms with E-state index in [4.69, 9.17) is 5.73 Å². The monoisotopic (exact) mass is 315 g/mol. The topological polar surface area (TPSA) is 75.4 Å². The van der Waals surface area contributed by atoms with Gasteiger partial charge in [0.2, 0.25) is 10.0 Å². The van der Waals surface area contributed by atoms with Crippen LogP contribution in [0.25, 0.3) is 0 Å². The van der Waals surface area contributed by atoms with Crippen molar-refractivity contribution in [2.45, 2.75) is 25.2 Å². The van der Waals surface area contributed by atoms with E-state index < -0.39 is 15.8 Å². The number of halogens is 1. The van der Waals surface area contributed by atoms with Gasteiger partial charge in [-0.2, -0.15) is 0 Å². The summed E-state index contributed by atoms with van der Waals surface area (Å²) in [5.74, 6) is -0.306. The summed E-state index contributed by atoms with van der Waals surface area (Å²) in [6.07, 6.45) is 0.973. The van der Waals surface area contributed by atoms with Crippen LogP contribution in [0.15, 0.2) is 17.0 Å². The minimum Gasteiger partial charge on any atom is -0.399 e. The van der Waals surface area contributed by atoms with Gasteiger partial charge in [0.15, 0.2) is 0 Å². The molecular formula is C14H22FN3O2S. The number of nitrogen functional groups attached to an aromatic ring is 1. The molecule has 0 bridgehead atoms. The molecule has 1 aromatic carbocycles. The van der Waals surface area contributed by atoms with Crippen molar-refractivity contribution in [3.05, 3.63) is 23.5 Å². The number of nitrogens with one attached hydrogen (secondary N) is 1. The summed E-state index contributed by atoms with van der Waals surface area (Å²) in [5.41, 5.74) is 5.74. The van der Waals surface area contributed by atoms with Gasteiger partial charge in [0, 0.05) is 24.3 Å². The average Bonchev–Trinajstić information content (AvgIpc) is 2.88. The van der Waals surface area contributed by atoms with Crippen molar-refractivity contribution in [1.82, 2.24) is 9.62 Å². The van der Waals surface area contributed by atoms with Gasteiger partial charge in [-0.05, 0) is 44.5 Å². The van der Waals surface area contributed by atoms with E-state index in [1.165, 1.54) is 13.0 Å². The summed E-state index contributed by atoms with van der Waals surface area (Å²) >= 11 is 0. The second kappa shape index (κ2) is 6.29. The van der Waals surface area contributed by atoms with Crippen LogP contribution in [0, 0.1) is 18.7 Å². The molecule has 0 amide bonds. The van der Waals surface area contributed by atoms with Crippen molar-refractivity contribution in [3.63, 3.8) is 0 Å². The van der Waals surface area contributed by atoms with Crippen molar-refractivity contribution < 1.29 is 12.8 Å². The van der Waals surface area contributed by atoms with Crippen molar-refractivity contribution in [2.24, 2.45) is 5.92 Å². The number of rotatable bonds is 5. The first-order valence-electron chi connectivity index (χ1n) is 7.11. The minimum absolute atomic E-state index is 0.0784. The van der Waals surface area contributed by atoms with E-state index in [1.54, 1.807) is 0 Å². The first kappa shape index (κ1) is 16.2. The molecule has 7 heteroatoms. The predicted octanol–water partition coefficient (Wildman–Crippen LogP) is 1.34. The Bertz CT molecular complexity index is 619. The van der Waals surface area contributed by atoms with Gasteiger partial charge in [-0.15, -0.1) is 0 Å². The number of hydrogen-bond acceptors (Lipinski definition) is 4. The first-order valence-corrected chi connectivity index (χ1v) is 8.59. The van der Waals surface area contributed by atoms with Crippen LogP contribution < -0.4 is 10.5 Å². The van der Waals surface area contributed by atoms with E-state index in [9.17, 15) is 12.8 Å². The summed E-state index contributed by atoms with van der Waals surface area (Å²) in [6.45, 7) is 6.76. The lowest BCUT2D eigenvalue weighted by Crippen LogP contribution is -2.31. The molecule has 0 aromatic heterocycles. The molecule has 1 heterocycles. The number of benzene rings is 1. The SMILES string of the molecule is CCN1CCC(CNS(=O)(=O)c2cc(N)cc(F)c2C)C1. The Morgan fingerprint density at radius 1 is 1.48 bits per heavy atom. The molecule has 0 spiro atoms. The molecule has 1 saturated heterocycles. The van der Waals surface area contributed by atoms with Crippen LogP contribution in [0.4, 0.5) is 10.1 Å². The highest BCUT2D eigenvalue weighted by molar-refractivity contribution is 7.89. The zero-order valence-electron chi connectivity index (χ0n) is 12.4. The third-order valence-corrected chi connectivity index (χ3v) is 5.54. The summed E-state index contributed by atoms with van der Waals surface area (Å²) in [6, 6.07) is 2.43. The zero-order chi connectivity index (χ0) is 15.6. The average molecular weight is 315 g/mol. The van der Waals surface area contributed by atoms with Gasteiger partial charge in [-0.1, -0.05) is 6.92 Å². The van der Waals surface area contributed by atoms with Crippen LogP contribution in [-0.2, 0) is 10.0 Å². The maximum Gasteiger partial charge on any atom is 0.241 e. The van der Waals surface area contributed by atoms with Gasteiger partial charge in [0.05, 0.1) is 4.90 Å². The second-order valence-electron chi connectivity index (χ2n) is 5.53. The highest BCUT2D eigenvalue weighted by atomic mass is 32.2. The highest BCUT2D eigenvalue weighted by Crippen LogP contribution is 2.22. The molecule has 1 aromatic rings. The molecule has 21 heavy (non-hydrogen) atoms. The fraction of sp³-hybridized carbons (Fsp3) is 0.571. The lowest BCUT2D eigenvalue weighted by Gasteiger charge is -2.15. The highest BCUT2D eigenvalue weighted by Gasteiger charge is 2.25. The van der Waals surface area contributed by atoms with Crippen LogP contribution in [0.2, 0.25) is 0 Å². The smallest absolute Gasteiger partial charge is 0.241 e. The van der Waals surface area contributed by atoms with Gasteiger partial charge in [-0.25, -0.2) is 17.5 Å². The lowest BCUT2D eigenvalue weighted by molar-refractivity contribution is 0.342. The molecule has 1 atom stereocenters. The molecule has 0 aliphatic carbocycles. The minimum atomic E-state index is -3.74. The van der Waals surface area contributed by atoms with Gasteiger partial charge in [-0.3, -0.25) is 0 Å². The van der Waals surface area contributed by atoms with Gasteiger partial charge >= 0.3 is 0 Å². The fourth-order valence-corrected chi connectivity index (χ4v) is 4.03. The Morgan fingerprint density at radius 3 is 2.81 bits per heavy atom. The van der Waals surface area contributed by atoms with E-state index >= 15 is 0 Å². The number of nitrogens with two attached hydrogens (primary N) is 1. The summed E-state index contributed by atoms with van der Waals surface area (Å²) in [5, 5.41) is 0. The number of sulfonamides is 1. The van der Waals surface area contributed by atoms with E-state index in [-0.39, 0.29) is 16.1 Å². The van der Waals surface area contributed by atoms with E-state index in [1.807, 2.05) is 0 Å². The Morgan fingerprint density at radius 2 is 2.19 bits per heavy atom. The number of anilines is 1. The molecule has 1 aliphatic rings. The third kappa shape index (κ3) is 3.72. The Kier molecular flexibility index (Phi) is 4.85. The Balaban J connectivity index is 2.09. The van der Waals surface area contributed by atoms with Gasteiger partial charge in [0.1, 0.15) is 5.82 Å². The molecule has 3 N–H and O–H groups in total. The second-order valence-corrected chi connectivity index (χ2v) is 7.26. The summed E-state index contributed by atoms with van der Waals surface area (Å²) in [4.78, 5) is 2.20. The zero-order valence-corrected chi connectivity index (χ0v) is 13.2. The molecule has 118 valence electrons. The fourth-order valence-electron chi connectivity index (χ4n) is 2.62. The molecule has 0 radical (unpaired) electrons. The maximum absolute atomic E-state index is 13.6. The van der Waals surface area contributed by atoms with Crippen molar-refractivity contribution in [2.75, 3.05) is 31.9 Å². The normalized spacial score (nSPS) is 20.0. The van der Waals surface area contributed by atoms with Crippen LogP contribution >= 0.6 is 0 Å². The quantitative estimate of drug-likeness (QED) is 0.804. The lowest BCUT2D eigenvalue weighted by atomic mass is 10.1. The van der Waals surface area contributed by atoms with Crippen LogP contribution in [0.1, 0.15) is 18.9 Å². The number of nitrogens with zero attached hydrogens (tertiary/aromatic N) is 1. The van der Waals surface area contributed by atoms with Crippen molar-refractivity contribution in [1.29, 1.82) is 0 Å². The number of hydrogen-bond donors (Lipinski definition) is 2. The predicted molar refractivity (Wildman–Crippen MR) is 81.0 cm³/mol. The van der Waals surface area contributed by atoms with Crippen molar-refractivity contribution >= 4 is 15.7 Å². The van der Waals surface area contributed by atoms with Crippen LogP contribution in [0.5, 0.6) is 0 Å². The molecule has 0 saturated carbocycles. The Labute approximate surface area is 125 Å². The molecule has 1 unspecified atom stereocenters. The summed E-state index contributed by atoms with van der Waals surface area (Å²) < 4.78 is 40.8. The van der Waals surface area contributed by atoms with E-state index in [0.29, 0.717) is 12.5 Å². The van der Waals surface area contributed by atoms with Crippen LogP contribution in [0.3, 0.4) is 0 Å².